The number of benzene rings is 3. The van der Waals surface area contributed by atoms with Crippen LogP contribution >= 0.6 is 10.5 Å². The number of methoxy groups -OCH3 is 1. The average molecular weight is 662 g/mol. The fourth-order valence-corrected chi connectivity index (χ4v) is 8.49. The largest absolute Gasteiger partial charge is 0.510 e. The second kappa shape index (κ2) is 12.6. The third-order valence-electron chi connectivity index (χ3n) is 8.37. The van der Waals surface area contributed by atoms with Crippen LogP contribution < -0.4 is 15.2 Å². The number of morpholine rings is 1. The fraction of sp³-hybridized carbons (Fsp3) is 0.235. The number of pyridine rings is 1. The molecule has 3 aliphatic heterocycles. The molecule has 1 saturated heterocycles. The van der Waals surface area contributed by atoms with Gasteiger partial charge in [0.25, 0.3) is 5.91 Å². The Morgan fingerprint density at radius 3 is 2.62 bits per heavy atom. The van der Waals surface area contributed by atoms with Gasteiger partial charge in [0.05, 0.1) is 26.4 Å². The third-order valence-corrected chi connectivity index (χ3v) is 10.5. The van der Waals surface area contributed by atoms with Crippen LogP contribution in [0.4, 0.5) is 13.6 Å². The summed E-state index contributed by atoms with van der Waals surface area (Å²) in [5, 5.41) is 3.93. The lowest BCUT2D eigenvalue weighted by molar-refractivity contribution is -0.0209. The van der Waals surface area contributed by atoms with Gasteiger partial charge in [0, 0.05) is 35.0 Å². The third kappa shape index (κ3) is 5.44. The molecule has 47 heavy (non-hydrogen) atoms. The molecular weight excluding hydrogens is 632 g/mol. The topological polar surface area (TPSA) is 99.5 Å². The summed E-state index contributed by atoms with van der Waals surface area (Å²) >= 11 is 0. The van der Waals surface area contributed by atoms with E-state index in [1.54, 1.807) is 11.0 Å². The molecule has 4 heterocycles. The van der Waals surface area contributed by atoms with Crippen LogP contribution in [0.25, 0.3) is 0 Å². The lowest BCUT2D eigenvalue weighted by atomic mass is 9.93. The summed E-state index contributed by atoms with van der Waals surface area (Å²) in [6.07, 6.45) is -0.263. The molecule has 1 amide bonds. The van der Waals surface area contributed by atoms with Gasteiger partial charge < -0.3 is 23.8 Å². The van der Waals surface area contributed by atoms with Crippen molar-refractivity contribution in [1.82, 2.24) is 9.58 Å². The highest BCUT2D eigenvalue weighted by Crippen LogP contribution is 2.48. The number of ether oxygens (including phenoxy) is 4. The number of hydrogen-bond donors (Lipinski definition) is 0. The second-order valence-corrected chi connectivity index (χ2v) is 12.8. The first-order valence-corrected chi connectivity index (χ1v) is 16.2. The smallest absolute Gasteiger partial charge is 0.451 e. The number of fused-ring (bicyclic) bond motifs is 4. The molecule has 13 heteroatoms. The van der Waals surface area contributed by atoms with Crippen molar-refractivity contribution < 1.29 is 37.3 Å². The van der Waals surface area contributed by atoms with Crippen LogP contribution in [-0.4, -0.2) is 66.8 Å². The minimum Gasteiger partial charge on any atom is -0.451 e. The molecule has 4 aromatic rings. The molecule has 0 aliphatic carbocycles. The van der Waals surface area contributed by atoms with Crippen LogP contribution in [0.1, 0.15) is 38.8 Å². The van der Waals surface area contributed by atoms with Crippen molar-refractivity contribution >= 4 is 27.9 Å². The van der Waals surface area contributed by atoms with Crippen LogP contribution in [0.3, 0.4) is 0 Å². The van der Waals surface area contributed by atoms with E-state index in [1.165, 1.54) is 16.9 Å². The predicted octanol–water partition coefficient (Wildman–Crippen LogP) is 4.78. The number of carbonyl (C=O) groups excluding carboxylic acids is 2. The quantitative estimate of drug-likeness (QED) is 0.171. The number of halogens is 2. The van der Waals surface area contributed by atoms with Crippen LogP contribution in [0.2, 0.25) is 0 Å². The summed E-state index contributed by atoms with van der Waals surface area (Å²) in [5.41, 5.74) is 1.76. The zero-order valence-corrected chi connectivity index (χ0v) is 26.0. The van der Waals surface area contributed by atoms with Crippen LogP contribution in [-0.2, 0) is 20.0 Å². The van der Waals surface area contributed by atoms with Gasteiger partial charge in [0.1, 0.15) is 6.17 Å². The molecule has 1 fully saturated rings. The molecule has 0 spiro atoms. The summed E-state index contributed by atoms with van der Waals surface area (Å²) in [5.74, 6) is -2.52. The molecule has 3 aromatic carbocycles. The SMILES string of the molecule is COC(=O)OCOc1c2n(ccc1=O)N([C@@H]1c3ccccc3/S(=C\c3ccccc3)Cc3c1ccc(F)c3F)[C@@H]1COCCN1C2=O. The van der Waals surface area contributed by atoms with Crippen molar-refractivity contribution in [1.29, 1.82) is 0 Å². The number of aromatic nitrogens is 1. The maximum atomic E-state index is 16.0. The normalized spacial score (nSPS) is 20.0. The van der Waals surface area contributed by atoms with E-state index < -0.39 is 58.6 Å². The second-order valence-electron chi connectivity index (χ2n) is 11.0. The molecule has 7 rings (SSSR count). The fourth-order valence-electron chi connectivity index (χ4n) is 6.30. The van der Waals surface area contributed by atoms with Gasteiger partial charge in [-0.1, -0.05) is 54.6 Å². The molecule has 1 unspecified atom stereocenters. The Morgan fingerprint density at radius 1 is 1.02 bits per heavy atom. The lowest BCUT2D eigenvalue weighted by Gasteiger charge is -2.51. The van der Waals surface area contributed by atoms with Crippen molar-refractivity contribution in [3.63, 3.8) is 0 Å². The van der Waals surface area contributed by atoms with Crippen molar-refractivity contribution in [3.8, 4) is 5.75 Å². The maximum Gasteiger partial charge on any atom is 0.510 e. The van der Waals surface area contributed by atoms with E-state index in [1.807, 2.05) is 59.6 Å². The summed E-state index contributed by atoms with van der Waals surface area (Å²) in [4.78, 5) is 41.3. The van der Waals surface area contributed by atoms with Crippen molar-refractivity contribution in [3.05, 3.63) is 129 Å². The van der Waals surface area contributed by atoms with Crippen LogP contribution in [0.15, 0.2) is 88.7 Å². The predicted molar refractivity (Wildman–Crippen MR) is 169 cm³/mol. The minimum absolute atomic E-state index is 0.107. The van der Waals surface area contributed by atoms with E-state index in [4.69, 9.17) is 14.2 Å². The molecule has 3 atom stereocenters. The van der Waals surface area contributed by atoms with Crippen molar-refractivity contribution in [2.24, 2.45) is 0 Å². The van der Waals surface area contributed by atoms with Crippen molar-refractivity contribution in [2.45, 2.75) is 22.9 Å². The Bertz CT molecular complexity index is 1970. The molecule has 10 nitrogen and oxygen atoms in total. The van der Waals surface area contributed by atoms with Gasteiger partial charge in [0.2, 0.25) is 18.0 Å². The Balaban J connectivity index is 1.47. The van der Waals surface area contributed by atoms with Gasteiger partial charge in [-0.25, -0.2) is 13.6 Å². The van der Waals surface area contributed by atoms with E-state index >= 15 is 4.39 Å². The van der Waals surface area contributed by atoms with Gasteiger partial charge in [0.15, 0.2) is 17.3 Å². The summed E-state index contributed by atoms with van der Waals surface area (Å²) < 4.78 is 53.3. The molecule has 0 N–H and O–H groups in total. The monoisotopic (exact) mass is 661 g/mol. The van der Waals surface area contributed by atoms with Crippen LogP contribution in [0.5, 0.6) is 5.75 Å². The number of rotatable bonds is 5. The minimum atomic E-state index is -1.03. The first-order chi connectivity index (χ1) is 22.9. The molecule has 0 saturated carbocycles. The molecule has 1 aromatic heterocycles. The molecule has 0 radical (unpaired) electrons. The van der Waals surface area contributed by atoms with Gasteiger partial charge in [-0.05, 0) is 34.2 Å². The molecule has 0 bridgehead atoms. The van der Waals surface area contributed by atoms with Gasteiger partial charge in [-0.15, -0.1) is 10.5 Å². The Hall–Kier alpha value is -5.01. The van der Waals surface area contributed by atoms with E-state index in [0.29, 0.717) is 5.56 Å². The lowest BCUT2D eigenvalue weighted by Crippen LogP contribution is -2.66. The highest BCUT2D eigenvalue weighted by atomic mass is 32.2. The van der Waals surface area contributed by atoms with E-state index in [-0.39, 0.29) is 42.5 Å². The zero-order chi connectivity index (χ0) is 32.7. The van der Waals surface area contributed by atoms with Gasteiger partial charge in [-0.2, -0.15) is 0 Å². The molecular formula is C34H29F2N3O7S. The maximum absolute atomic E-state index is 16.0. The average Bonchev–Trinajstić information content (AvgIpc) is 3.23. The number of carbonyl (C=O) groups is 2. The standard InChI is InChI=1S/C34H29F2N3O7S/c1-43-34(42)46-20-45-32-26(40)13-14-38-31(32)33(41)37-15-16-44-17-28(37)39(38)30-22-11-12-25(35)29(36)24(22)19-47(18-21-7-3-2-4-8-21)27-10-6-5-9-23(27)30/h2-14,18,28,30H,15-17,19-20H2,1H3/t28-,30+,47?/m1/s1. The first kappa shape index (κ1) is 30.6. The number of hydrogen-bond acceptors (Lipinski definition) is 8. The number of amides is 1. The molecule has 3 aliphatic rings. The molecule has 242 valence electrons. The highest BCUT2D eigenvalue weighted by Gasteiger charge is 2.46. The Morgan fingerprint density at radius 2 is 1.81 bits per heavy atom. The van der Waals surface area contributed by atoms with E-state index in [0.717, 1.165) is 29.2 Å². The summed E-state index contributed by atoms with van der Waals surface area (Å²) in [6.45, 7) is -0.122. The Kier molecular flexibility index (Phi) is 8.24. The van der Waals surface area contributed by atoms with Gasteiger partial charge in [-0.3, -0.25) is 19.3 Å². The summed E-state index contributed by atoms with van der Waals surface area (Å²) in [7, 11) is 0.427. The highest BCUT2D eigenvalue weighted by molar-refractivity contribution is 8.14. The zero-order valence-electron chi connectivity index (χ0n) is 25.1. The van der Waals surface area contributed by atoms with E-state index in [2.05, 4.69) is 10.1 Å². The van der Waals surface area contributed by atoms with Gasteiger partial charge >= 0.3 is 6.16 Å². The first-order valence-electron chi connectivity index (χ1n) is 14.8. The van der Waals surface area contributed by atoms with Crippen molar-refractivity contribution in [2.75, 3.05) is 38.7 Å². The van der Waals surface area contributed by atoms with E-state index in [9.17, 15) is 18.8 Å². The number of nitrogens with zero attached hydrogens (tertiary/aromatic N) is 3. The van der Waals surface area contributed by atoms with Crippen LogP contribution in [0, 0.1) is 11.6 Å². The Labute approximate surface area is 270 Å². The summed E-state index contributed by atoms with van der Waals surface area (Å²) in [6, 6.07) is 20.6.